The molecular formula is C17H23N3O3S. The van der Waals surface area contributed by atoms with Crippen LogP contribution in [-0.2, 0) is 21.2 Å². The minimum absolute atomic E-state index is 0.0377. The average Bonchev–Trinajstić information content (AvgIpc) is 2.85. The van der Waals surface area contributed by atoms with Gasteiger partial charge in [0, 0.05) is 18.6 Å². The summed E-state index contributed by atoms with van der Waals surface area (Å²) in [5.41, 5.74) is 1.63. The first-order chi connectivity index (χ1) is 11.3. The largest absolute Gasteiger partial charge is 0.351 e. The van der Waals surface area contributed by atoms with Crippen molar-refractivity contribution in [2.75, 3.05) is 18.1 Å². The molecule has 0 radical (unpaired) electrons. The lowest BCUT2D eigenvalue weighted by atomic mass is 10.1. The lowest BCUT2D eigenvalue weighted by molar-refractivity contribution is -0.123. The molecule has 1 atom stereocenters. The van der Waals surface area contributed by atoms with Crippen LogP contribution in [0.2, 0.25) is 0 Å². The van der Waals surface area contributed by atoms with Crippen molar-refractivity contribution in [2.24, 2.45) is 0 Å². The quantitative estimate of drug-likeness (QED) is 0.830. The van der Waals surface area contributed by atoms with E-state index in [2.05, 4.69) is 11.4 Å². The Kier molecular flexibility index (Phi) is 5.97. The summed E-state index contributed by atoms with van der Waals surface area (Å²) in [6.07, 6.45) is 0.491. The lowest BCUT2D eigenvalue weighted by Crippen LogP contribution is -2.44. The van der Waals surface area contributed by atoms with Gasteiger partial charge in [0.15, 0.2) is 9.84 Å². The van der Waals surface area contributed by atoms with E-state index in [1.807, 2.05) is 30.9 Å². The second kappa shape index (κ2) is 7.77. The van der Waals surface area contributed by atoms with Crippen molar-refractivity contribution < 1.29 is 13.2 Å². The van der Waals surface area contributed by atoms with Gasteiger partial charge in [0.2, 0.25) is 5.91 Å². The van der Waals surface area contributed by atoms with Crippen LogP contribution in [-0.4, -0.2) is 49.4 Å². The van der Waals surface area contributed by atoms with E-state index in [4.69, 9.17) is 5.26 Å². The van der Waals surface area contributed by atoms with E-state index in [9.17, 15) is 13.2 Å². The van der Waals surface area contributed by atoms with Crippen LogP contribution in [0.15, 0.2) is 24.3 Å². The summed E-state index contributed by atoms with van der Waals surface area (Å²) in [4.78, 5) is 14.2. The van der Waals surface area contributed by atoms with Gasteiger partial charge < -0.3 is 5.32 Å². The van der Waals surface area contributed by atoms with Gasteiger partial charge in [-0.15, -0.1) is 0 Å². The summed E-state index contributed by atoms with van der Waals surface area (Å²) < 4.78 is 22.9. The van der Waals surface area contributed by atoms with Crippen LogP contribution in [0.25, 0.3) is 0 Å². The highest BCUT2D eigenvalue weighted by Gasteiger charge is 2.29. The number of benzene rings is 1. The number of hydrogen-bond donors (Lipinski definition) is 1. The predicted molar refractivity (Wildman–Crippen MR) is 91.9 cm³/mol. The highest BCUT2D eigenvalue weighted by molar-refractivity contribution is 7.91. The summed E-state index contributed by atoms with van der Waals surface area (Å²) in [5.74, 6) is 0.0343. The zero-order valence-electron chi connectivity index (χ0n) is 14.0. The summed E-state index contributed by atoms with van der Waals surface area (Å²) in [6.45, 7) is 4.84. The van der Waals surface area contributed by atoms with E-state index in [-0.39, 0.29) is 36.0 Å². The van der Waals surface area contributed by atoms with Gasteiger partial charge in [-0.2, -0.15) is 5.26 Å². The molecular weight excluding hydrogens is 326 g/mol. The first kappa shape index (κ1) is 18.4. The molecule has 1 aromatic carbocycles. The molecule has 0 aromatic heterocycles. The minimum atomic E-state index is -3.00. The molecule has 7 heteroatoms. The first-order valence-corrected chi connectivity index (χ1v) is 9.84. The summed E-state index contributed by atoms with van der Waals surface area (Å²) >= 11 is 0. The van der Waals surface area contributed by atoms with E-state index >= 15 is 0 Å². The van der Waals surface area contributed by atoms with Gasteiger partial charge >= 0.3 is 0 Å². The van der Waals surface area contributed by atoms with Crippen LogP contribution in [0.1, 0.15) is 31.4 Å². The fourth-order valence-corrected chi connectivity index (χ4v) is 4.38. The van der Waals surface area contributed by atoms with Gasteiger partial charge in [-0.05, 0) is 38.0 Å². The third-order valence-electron chi connectivity index (χ3n) is 4.14. The third-order valence-corrected chi connectivity index (χ3v) is 5.91. The number of nitrogens with one attached hydrogen (secondary N) is 1. The van der Waals surface area contributed by atoms with Crippen LogP contribution in [0.3, 0.4) is 0 Å². The summed E-state index contributed by atoms with van der Waals surface area (Å²) in [7, 11) is -3.00. The maximum atomic E-state index is 12.2. The summed E-state index contributed by atoms with van der Waals surface area (Å²) in [6, 6.07) is 9.27. The van der Waals surface area contributed by atoms with E-state index in [0.717, 1.165) is 5.56 Å². The Balaban J connectivity index is 1.92. The third kappa shape index (κ3) is 5.32. The molecule has 0 spiro atoms. The molecule has 6 nitrogen and oxygen atoms in total. The van der Waals surface area contributed by atoms with Gasteiger partial charge in [0.05, 0.1) is 29.7 Å². The highest BCUT2D eigenvalue weighted by atomic mass is 32.2. The standard InChI is InChI=1S/C17H23N3O3S/c1-13(2)20(10-15-5-3-14(9-18)4-6-15)11-17(21)19-16-7-8-24(22,23)12-16/h3-6,13,16H,7-8,10-12H2,1-2H3,(H,19,21). The second-order valence-electron chi connectivity index (χ2n) is 6.47. The Morgan fingerprint density at radius 3 is 2.54 bits per heavy atom. The Bertz CT molecular complexity index is 720. The molecule has 0 bridgehead atoms. The van der Waals surface area contributed by atoms with Gasteiger partial charge in [-0.3, -0.25) is 9.69 Å². The smallest absolute Gasteiger partial charge is 0.234 e. The zero-order chi connectivity index (χ0) is 17.7. The molecule has 1 N–H and O–H groups in total. The molecule has 1 fully saturated rings. The Morgan fingerprint density at radius 2 is 2.04 bits per heavy atom. The molecule has 1 aliphatic rings. The number of rotatable bonds is 6. The number of nitrogens with zero attached hydrogens (tertiary/aromatic N) is 2. The Morgan fingerprint density at radius 1 is 1.38 bits per heavy atom. The monoisotopic (exact) mass is 349 g/mol. The Labute approximate surface area is 143 Å². The number of amides is 1. The number of carbonyl (C=O) groups excluding carboxylic acids is 1. The van der Waals surface area contributed by atoms with Crippen molar-refractivity contribution >= 4 is 15.7 Å². The highest BCUT2D eigenvalue weighted by Crippen LogP contribution is 2.12. The molecule has 0 saturated carbocycles. The molecule has 24 heavy (non-hydrogen) atoms. The maximum absolute atomic E-state index is 12.2. The lowest BCUT2D eigenvalue weighted by Gasteiger charge is -2.26. The Hall–Kier alpha value is -1.91. The summed E-state index contributed by atoms with van der Waals surface area (Å²) in [5, 5.41) is 11.7. The van der Waals surface area contributed by atoms with Crippen molar-refractivity contribution in [3.63, 3.8) is 0 Å². The van der Waals surface area contributed by atoms with Crippen molar-refractivity contribution in [3.05, 3.63) is 35.4 Å². The van der Waals surface area contributed by atoms with Crippen LogP contribution >= 0.6 is 0 Å². The topological polar surface area (TPSA) is 90.3 Å². The van der Waals surface area contributed by atoms with Crippen LogP contribution in [0.4, 0.5) is 0 Å². The number of carbonyl (C=O) groups is 1. The molecule has 1 unspecified atom stereocenters. The molecule has 1 amide bonds. The normalized spacial score (nSPS) is 19.4. The molecule has 1 aliphatic heterocycles. The minimum Gasteiger partial charge on any atom is -0.351 e. The number of sulfone groups is 1. The van der Waals surface area contributed by atoms with Crippen molar-refractivity contribution in [1.29, 1.82) is 5.26 Å². The number of nitriles is 1. The molecule has 1 saturated heterocycles. The van der Waals surface area contributed by atoms with Crippen molar-refractivity contribution in [1.82, 2.24) is 10.2 Å². The maximum Gasteiger partial charge on any atom is 0.234 e. The average molecular weight is 349 g/mol. The van der Waals surface area contributed by atoms with Crippen LogP contribution < -0.4 is 5.32 Å². The molecule has 0 aliphatic carbocycles. The fraction of sp³-hybridized carbons (Fsp3) is 0.529. The fourth-order valence-electron chi connectivity index (χ4n) is 2.71. The zero-order valence-corrected chi connectivity index (χ0v) is 14.8. The molecule has 1 aromatic rings. The molecule has 1 heterocycles. The predicted octanol–water partition coefficient (Wildman–Crippen LogP) is 1.07. The second-order valence-corrected chi connectivity index (χ2v) is 8.70. The van der Waals surface area contributed by atoms with Crippen molar-refractivity contribution in [3.8, 4) is 6.07 Å². The van der Waals surface area contributed by atoms with Gasteiger partial charge in [0.25, 0.3) is 0 Å². The van der Waals surface area contributed by atoms with E-state index in [0.29, 0.717) is 18.5 Å². The van der Waals surface area contributed by atoms with Crippen LogP contribution in [0, 0.1) is 11.3 Å². The van der Waals surface area contributed by atoms with E-state index in [1.165, 1.54) is 0 Å². The van der Waals surface area contributed by atoms with Gasteiger partial charge in [-0.1, -0.05) is 12.1 Å². The van der Waals surface area contributed by atoms with Crippen molar-refractivity contribution in [2.45, 2.75) is 38.9 Å². The molecule has 2 rings (SSSR count). The molecule has 130 valence electrons. The van der Waals surface area contributed by atoms with Gasteiger partial charge in [0.1, 0.15) is 0 Å². The van der Waals surface area contributed by atoms with Gasteiger partial charge in [-0.25, -0.2) is 8.42 Å². The first-order valence-electron chi connectivity index (χ1n) is 8.02. The number of hydrogen-bond acceptors (Lipinski definition) is 5. The van der Waals surface area contributed by atoms with Crippen LogP contribution in [0.5, 0.6) is 0 Å². The SMILES string of the molecule is CC(C)N(CC(=O)NC1CCS(=O)(=O)C1)Cc1ccc(C#N)cc1. The van der Waals surface area contributed by atoms with E-state index < -0.39 is 9.84 Å². The van der Waals surface area contributed by atoms with E-state index in [1.54, 1.807) is 12.1 Å².